The van der Waals surface area contributed by atoms with Crippen molar-refractivity contribution in [2.45, 2.75) is 20.8 Å². The molecule has 21 heavy (non-hydrogen) atoms. The van der Waals surface area contributed by atoms with Crippen molar-refractivity contribution in [3.05, 3.63) is 57.6 Å². The SMILES string of the molecule is Cc1cc(C)cc(OCC(=O)Nc2ccc(Br)cc2C)c1. The van der Waals surface area contributed by atoms with Gasteiger partial charge in [-0.05, 0) is 67.8 Å². The zero-order valence-corrected chi connectivity index (χ0v) is 14.0. The second-order valence-electron chi connectivity index (χ2n) is 5.12. The molecule has 2 rings (SSSR count). The Morgan fingerprint density at radius 1 is 1.10 bits per heavy atom. The summed E-state index contributed by atoms with van der Waals surface area (Å²) in [6, 6.07) is 11.6. The van der Waals surface area contributed by atoms with Crippen molar-refractivity contribution in [1.29, 1.82) is 0 Å². The second kappa shape index (κ2) is 6.76. The average Bonchev–Trinajstić information content (AvgIpc) is 2.39. The molecule has 0 aliphatic carbocycles. The lowest BCUT2D eigenvalue weighted by Crippen LogP contribution is -2.20. The van der Waals surface area contributed by atoms with Crippen LogP contribution in [0.2, 0.25) is 0 Å². The third kappa shape index (κ3) is 4.60. The van der Waals surface area contributed by atoms with Crippen LogP contribution in [0, 0.1) is 20.8 Å². The summed E-state index contributed by atoms with van der Waals surface area (Å²) < 4.78 is 6.53. The van der Waals surface area contributed by atoms with E-state index in [4.69, 9.17) is 4.74 Å². The Kier molecular flexibility index (Phi) is 5.02. The summed E-state index contributed by atoms with van der Waals surface area (Å²) in [5, 5.41) is 2.85. The molecule has 0 saturated carbocycles. The Morgan fingerprint density at radius 3 is 2.38 bits per heavy atom. The van der Waals surface area contributed by atoms with E-state index in [1.54, 1.807) is 0 Å². The minimum absolute atomic E-state index is 0.00159. The smallest absolute Gasteiger partial charge is 0.262 e. The predicted octanol–water partition coefficient (Wildman–Crippen LogP) is 4.39. The minimum Gasteiger partial charge on any atom is -0.484 e. The highest BCUT2D eigenvalue weighted by atomic mass is 79.9. The number of rotatable bonds is 4. The molecule has 0 aromatic heterocycles. The van der Waals surface area contributed by atoms with Gasteiger partial charge in [0.05, 0.1) is 0 Å². The lowest BCUT2D eigenvalue weighted by molar-refractivity contribution is -0.118. The quantitative estimate of drug-likeness (QED) is 0.890. The van der Waals surface area contributed by atoms with Crippen LogP contribution in [0.25, 0.3) is 0 Å². The number of halogens is 1. The molecule has 0 radical (unpaired) electrons. The number of anilines is 1. The molecule has 1 N–H and O–H groups in total. The van der Waals surface area contributed by atoms with Crippen molar-refractivity contribution < 1.29 is 9.53 Å². The molecule has 0 aliphatic heterocycles. The fraction of sp³-hybridized carbons (Fsp3) is 0.235. The van der Waals surface area contributed by atoms with Gasteiger partial charge < -0.3 is 10.1 Å². The first kappa shape index (κ1) is 15.6. The summed E-state index contributed by atoms with van der Waals surface area (Å²) in [5.41, 5.74) is 4.04. The van der Waals surface area contributed by atoms with Gasteiger partial charge in [0.1, 0.15) is 5.75 Å². The van der Waals surface area contributed by atoms with Gasteiger partial charge in [0, 0.05) is 10.2 Å². The number of aryl methyl sites for hydroxylation is 3. The molecule has 110 valence electrons. The topological polar surface area (TPSA) is 38.3 Å². The zero-order chi connectivity index (χ0) is 15.4. The van der Waals surface area contributed by atoms with Gasteiger partial charge in [0.25, 0.3) is 5.91 Å². The minimum atomic E-state index is -0.167. The van der Waals surface area contributed by atoms with Crippen molar-refractivity contribution in [3.63, 3.8) is 0 Å². The molecule has 4 heteroatoms. The molecule has 0 atom stereocenters. The molecule has 1 amide bonds. The van der Waals surface area contributed by atoms with Crippen LogP contribution in [-0.4, -0.2) is 12.5 Å². The third-order valence-electron chi connectivity index (χ3n) is 3.03. The number of carbonyl (C=O) groups excluding carboxylic acids is 1. The van der Waals surface area contributed by atoms with Gasteiger partial charge in [-0.3, -0.25) is 4.79 Å². The number of amides is 1. The third-order valence-corrected chi connectivity index (χ3v) is 3.52. The summed E-state index contributed by atoms with van der Waals surface area (Å²) in [5.74, 6) is 0.551. The summed E-state index contributed by atoms with van der Waals surface area (Å²) >= 11 is 3.40. The first-order chi connectivity index (χ1) is 9.94. The largest absolute Gasteiger partial charge is 0.484 e. The molecule has 0 fully saturated rings. The summed E-state index contributed by atoms with van der Waals surface area (Å²) in [7, 11) is 0. The molecule has 0 unspecified atom stereocenters. The van der Waals surface area contributed by atoms with Crippen molar-refractivity contribution in [2.24, 2.45) is 0 Å². The molecule has 0 bridgehead atoms. The zero-order valence-electron chi connectivity index (χ0n) is 12.4. The first-order valence-corrected chi connectivity index (χ1v) is 7.50. The van der Waals surface area contributed by atoms with E-state index in [-0.39, 0.29) is 12.5 Å². The molecular weight excluding hydrogens is 330 g/mol. The average molecular weight is 348 g/mol. The normalized spacial score (nSPS) is 10.3. The molecule has 0 saturated heterocycles. The van der Waals surface area contributed by atoms with Crippen LogP contribution >= 0.6 is 15.9 Å². The maximum absolute atomic E-state index is 11.9. The highest BCUT2D eigenvalue weighted by Crippen LogP contribution is 2.20. The number of hydrogen-bond donors (Lipinski definition) is 1. The molecular formula is C17H18BrNO2. The van der Waals surface area contributed by atoms with Crippen LogP contribution in [0.5, 0.6) is 5.75 Å². The van der Waals surface area contributed by atoms with Gasteiger partial charge in [-0.1, -0.05) is 22.0 Å². The fourth-order valence-corrected chi connectivity index (χ4v) is 2.59. The van der Waals surface area contributed by atoms with E-state index in [2.05, 4.69) is 27.3 Å². The monoisotopic (exact) mass is 347 g/mol. The van der Waals surface area contributed by atoms with Crippen LogP contribution in [0.15, 0.2) is 40.9 Å². The van der Waals surface area contributed by atoms with Crippen molar-refractivity contribution in [2.75, 3.05) is 11.9 Å². The van der Waals surface area contributed by atoms with Crippen molar-refractivity contribution >= 4 is 27.5 Å². The Labute approximate surface area is 133 Å². The predicted molar refractivity (Wildman–Crippen MR) is 88.9 cm³/mol. The second-order valence-corrected chi connectivity index (χ2v) is 6.04. The molecule has 3 nitrogen and oxygen atoms in total. The van der Waals surface area contributed by atoms with Crippen molar-refractivity contribution in [3.8, 4) is 5.75 Å². The highest BCUT2D eigenvalue weighted by molar-refractivity contribution is 9.10. The number of ether oxygens (including phenoxy) is 1. The van der Waals surface area contributed by atoms with Gasteiger partial charge >= 0.3 is 0 Å². The summed E-state index contributed by atoms with van der Waals surface area (Å²) in [6.07, 6.45) is 0. The highest BCUT2D eigenvalue weighted by Gasteiger charge is 2.06. The molecule has 2 aromatic rings. The van der Waals surface area contributed by atoms with Gasteiger partial charge in [-0.25, -0.2) is 0 Å². The van der Waals surface area contributed by atoms with Gasteiger partial charge in [-0.2, -0.15) is 0 Å². The van der Waals surface area contributed by atoms with Crippen LogP contribution in [0.4, 0.5) is 5.69 Å². The van der Waals surface area contributed by atoms with Crippen LogP contribution in [-0.2, 0) is 4.79 Å². The molecule has 0 heterocycles. The van der Waals surface area contributed by atoms with E-state index in [1.165, 1.54) is 0 Å². The number of carbonyl (C=O) groups is 1. The van der Waals surface area contributed by atoms with Crippen LogP contribution in [0.1, 0.15) is 16.7 Å². The maximum atomic E-state index is 11.9. The fourth-order valence-electron chi connectivity index (χ4n) is 2.12. The van der Waals surface area contributed by atoms with E-state index in [0.717, 1.165) is 32.6 Å². The van der Waals surface area contributed by atoms with E-state index in [0.29, 0.717) is 0 Å². The van der Waals surface area contributed by atoms with E-state index in [1.807, 2.05) is 51.1 Å². The van der Waals surface area contributed by atoms with Gasteiger partial charge in [0.2, 0.25) is 0 Å². The standard InChI is InChI=1S/C17H18BrNO2/c1-11-6-12(2)8-15(7-11)21-10-17(20)19-16-5-4-14(18)9-13(16)3/h4-9H,10H2,1-3H3,(H,19,20). The molecule has 0 spiro atoms. The van der Waals surface area contributed by atoms with Gasteiger partial charge in [0.15, 0.2) is 6.61 Å². The van der Waals surface area contributed by atoms with Crippen LogP contribution in [0.3, 0.4) is 0 Å². The van der Waals surface area contributed by atoms with E-state index in [9.17, 15) is 4.79 Å². The Hall–Kier alpha value is -1.81. The number of hydrogen-bond acceptors (Lipinski definition) is 2. The van der Waals surface area contributed by atoms with Gasteiger partial charge in [-0.15, -0.1) is 0 Å². The molecule has 0 aliphatic rings. The van der Waals surface area contributed by atoms with Crippen molar-refractivity contribution in [1.82, 2.24) is 0 Å². The molecule has 2 aromatic carbocycles. The number of benzene rings is 2. The summed E-state index contributed by atoms with van der Waals surface area (Å²) in [4.78, 5) is 11.9. The summed E-state index contributed by atoms with van der Waals surface area (Å²) in [6.45, 7) is 5.96. The van der Waals surface area contributed by atoms with E-state index < -0.39 is 0 Å². The lowest BCUT2D eigenvalue weighted by Gasteiger charge is -2.10. The first-order valence-electron chi connectivity index (χ1n) is 6.71. The lowest BCUT2D eigenvalue weighted by atomic mass is 10.1. The Balaban J connectivity index is 1.95. The van der Waals surface area contributed by atoms with Crippen LogP contribution < -0.4 is 10.1 Å². The van der Waals surface area contributed by atoms with E-state index >= 15 is 0 Å². The maximum Gasteiger partial charge on any atom is 0.262 e. The Bertz CT molecular complexity index is 648. The number of nitrogens with one attached hydrogen (secondary N) is 1. The Morgan fingerprint density at radius 2 is 1.76 bits per heavy atom.